The van der Waals surface area contributed by atoms with Gasteiger partial charge in [-0.1, -0.05) is 53.8 Å². The summed E-state index contributed by atoms with van der Waals surface area (Å²) >= 11 is 1.24. The van der Waals surface area contributed by atoms with E-state index in [9.17, 15) is 9.59 Å². The number of morpholine rings is 1. The summed E-state index contributed by atoms with van der Waals surface area (Å²) in [4.78, 5) is 28.4. The van der Waals surface area contributed by atoms with Gasteiger partial charge in [-0.3, -0.25) is 14.8 Å². The summed E-state index contributed by atoms with van der Waals surface area (Å²) < 4.78 is 10.9. The van der Waals surface area contributed by atoms with Gasteiger partial charge in [0.05, 0.1) is 24.1 Å². The lowest BCUT2D eigenvalue weighted by Gasteiger charge is -2.26. The fraction of sp³-hybridized carbons (Fsp3) is 0.296. The quantitative estimate of drug-likeness (QED) is 0.326. The number of hydrogen-bond acceptors (Lipinski definition) is 7. The predicted octanol–water partition coefficient (Wildman–Crippen LogP) is 4.73. The van der Waals surface area contributed by atoms with E-state index in [0.717, 1.165) is 44.0 Å². The Morgan fingerprint density at radius 3 is 2.57 bits per heavy atom. The number of aromatic amines is 1. The zero-order valence-corrected chi connectivity index (χ0v) is 21.6. The van der Waals surface area contributed by atoms with E-state index in [4.69, 9.17) is 9.47 Å². The number of nitrogens with one attached hydrogen (secondary N) is 3. The maximum atomic E-state index is 12.8. The molecule has 4 aromatic rings. The van der Waals surface area contributed by atoms with E-state index in [2.05, 4.69) is 25.7 Å². The summed E-state index contributed by atoms with van der Waals surface area (Å²) in [5.74, 6) is 0.121. The van der Waals surface area contributed by atoms with Crippen LogP contribution in [0.3, 0.4) is 0 Å². The summed E-state index contributed by atoms with van der Waals surface area (Å²) in [7, 11) is 0. The lowest BCUT2D eigenvalue weighted by molar-refractivity contribution is 0.0342. The minimum atomic E-state index is -0.602. The van der Waals surface area contributed by atoms with Gasteiger partial charge in [0.1, 0.15) is 4.83 Å². The van der Waals surface area contributed by atoms with Crippen LogP contribution in [0.2, 0.25) is 0 Å². The number of ether oxygens (including phenoxy) is 2. The van der Waals surface area contributed by atoms with E-state index in [1.165, 1.54) is 11.3 Å². The van der Waals surface area contributed by atoms with Crippen molar-refractivity contribution in [3.05, 3.63) is 77.4 Å². The van der Waals surface area contributed by atoms with Gasteiger partial charge in [-0.2, -0.15) is 5.10 Å². The van der Waals surface area contributed by atoms with Crippen LogP contribution in [-0.4, -0.2) is 53.4 Å². The molecule has 3 N–H and O–H groups in total. The number of hydrogen-bond donors (Lipinski definition) is 3. The molecule has 0 spiro atoms. The Morgan fingerprint density at radius 1 is 1.11 bits per heavy atom. The molecule has 9 nitrogen and oxygen atoms in total. The highest BCUT2D eigenvalue weighted by Crippen LogP contribution is 2.34. The molecule has 0 aliphatic carbocycles. The highest BCUT2D eigenvalue weighted by molar-refractivity contribution is 7.20. The number of benzene rings is 2. The van der Waals surface area contributed by atoms with Crippen LogP contribution in [0.15, 0.2) is 60.7 Å². The van der Waals surface area contributed by atoms with Crippen LogP contribution in [0.5, 0.6) is 5.06 Å². The molecule has 10 heteroatoms. The van der Waals surface area contributed by atoms with Crippen molar-refractivity contribution in [2.45, 2.75) is 25.9 Å². The Bertz CT molecular complexity index is 1380. The lowest BCUT2D eigenvalue weighted by atomic mass is 9.95. The lowest BCUT2D eigenvalue weighted by Crippen LogP contribution is -2.42. The first-order chi connectivity index (χ1) is 17.9. The third-order valence-corrected chi connectivity index (χ3v) is 7.21. The molecule has 37 heavy (non-hydrogen) atoms. The Labute approximate surface area is 218 Å². The van der Waals surface area contributed by atoms with Crippen LogP contribution in [0.4, 0.5) is 10.6 Å². The number of rotatable bonds is 7. The SMILES string of the molecule is CC(C)(NC(=O)Oc1cc2c(NC(=O)c3ccc(CN4CCOCC4)cc3)n[nH]c2s1)c1ccccc1. The number of fused-ring (bicyclic) bond motifs is 1. The third-order valence-electron chi connectivity index (χ3n) is 6.30. The number of aromatic nitrogens is 2. The molecule has 2 aromatic carbocycles. The molecule has 0 saturated carbocycles. The second-order valence-electron chi connectivity index (χ2n) is 9.43. The zero-order chi connectivity index (χ0) is 25.8. The summed E-state index contributed by atoms with van der Waals surface area (Å²) in [6.45, 7) is 7.99. The fourth-order valence-electron chi connectivity index (χ4n) is 4.20. The molecule has 192 valence electrons. The monoisotopic (exact) mass is 519 g/mol. The summed E-state index contributed by atoms with van der Waals surface area (Å²) in [5, 5.41) is 13.9. The Hall–Kier alpha value is -3.73. The molecule has 1 fully saturated rings. The van der Waals surface area contributed by atoms with E-state index in [-0.39, 0.29) is 5.91 Å². The predicted molar refractivity (Wildman–Crippen MR) is 143 cm³/mol. The van der Waals surface area contributed by atoms with Crippen LogP contribution in [-0.2, 0) is 16.8 Å². The maximum Gasteiger partial charge on any atom is 0.414 e. The minimum Gasteiger partial charge on any atom is -0.399 e. The topological polar surface area (TPSA) is 109 Å². The van der Waals surface area contributed by atoms with Crippen LogP contribution >= 0.6 is 11.3 Å². The molecular weight excluding hydrogens is 490 g/mol. The van der Waals surface area contributed by atoms with Gasteiger partial charge in [-0.05, 0) is 37.1 Å². The molecule has 0 radical (unpaired) electrons. The van der Waals surface area contributed by atoms with Gasteiger partial charge in [-0.25, -0.2) is 4.79 Å². The van der Waals surface area contributed by atoms with Gasteiger partial charge in [0.15, 0.2) is 10.9 Å². The molecular formula is C27H29N5O4S. The molecule has 0 bridgehead atoms. The van der Waals surface area contributed by atoms with E-state index < -0.39 is 11.6 Å². The van der Waals surface area contributed by atoms with Gasteiger partial charge < -0.3 is 20.1 Å². The highest BCUT2D eigenvalue weighted by atomic mass is 32.1. The Kier molecular flexibility index (Phi) is 7.22. The summed E-state index contributed by atoms with van der Waals surface area (Å²) in [6.07, 6.45) is -0.562. The fourth-order valence-corrected chi connectivity index (χ4v) is 5.05. The second-order valence-corrected chi connectivity index (χ2v) is 10.4. The average Bonchev–Trinajstić information content (AvgIpc) is 3.46. The van der Waals surface area contributed by atoms with E-state index in [1.807, 2.05) is 68.4 Å². The number of carbonyl (C=O) groups is 2. The van der Waals surface area contributed by atoms with Crippen molar-refractivity contribution in [2.75, 3.05) is 31.6 Å². The Balaban J connectivity index is 1.20. The first-order valence-corrected chi connectivity index (χ1v) is 12.9. The number of nitrogens with zero attached hydrogens (tertiary/aromatic N) is 2. The van der Waals surface area contributed by atoms with Gasteiger partial charge in [0.25, 0.3) is 5.91 Å². The van der Waals surface area contributed by atoms with Gasteiger partial charge in [-0.15, -0.1) is 0 Å². The molecule has 3 heterocycles. The van der Waals surface area contributed by atoms with E-state index >= 15 is 0 Å². The highest BCUT2D eigenvalue weighted by Gasteiger charge is 2.24. The summed E-state index contributed by atoms with van der Waals surface area (Å²) in [5.41, 5.74) is 2.05. The first kappa shape index (κ1) is 24.9. The van der Waals surface area contributed by atoms with E-state index in [0.29, 0.717) is 26.7 Å². The minimum absolute atomic E-state index is 0.262. The normalized spacial score (nSPS) is 14.4. The molecule has 0 atom stereocenters. The van der Waals surface area contributed by atoms with Gasteiger partial charge >= 0.3 is 6.09 Å². The molecule has 1 aliphatic rings. The maximum absolute atomic E-state index is 12.8. The third kappa shape index (κ3) is 5.99. The standard InChI is InChI=1S/C27H29N5O4S/c1-27(2,20-6-4-3-5-7-20)29-26(34)36-22-16-21-23(30-31-25(21)37-22)28-24(33)19-10-8-18(9-11-19)17-32-12-14-35-15-13-32/h3-11,16H,12-15,17H2,1-2H3,(H,29,34)(H2,28,30,31,33). The van der Waals surface area contributed by atoms with Crippen LogP contribution in [0, 0.1) is 0 Å². The largest absolute Gasteiger partial charge is 0.414 e. The van der Waals surface area contributed by atoms with Crippen molar-refractivity contribution >= 4 is 39.4 Å². The van der Waals surface area contributed by atoms with E-state index in [1.54, 1.807) is 6.07 Å². The molecule has 2 amide bonds. The number of carbonyl (C=O) groups excluding carboxylic acids is 2. The first-order valence-electron chi connectivity index (χ1n) is 12.1. The van der Waals surface area contributed by atoms with Crippen LogP contribution < -0.4 is 15.4 Å². The van der Waals surface area contributed by atoms with Crippen molar-refractivity contribution in [1.82, 2.24) is 20.4 Å². The molecule has 5 rings (SSSR count). The van der Waals surface area contributed by atoms with Crippen LogP contribution in [0.25, 0.3) is 10.2 Å². The zero-order valence-electron chi connectivity index (χ0n) is 20.7. The van der Waals surface area contributed by atoms with Crippen molar-refractivity contribution in [1.29, 1.82) is 0 Å². The molecule has 0 unspecified atom stereocenters. The van der Waals surface area contributed by atoms with Crippen molar-refractivity contribution in [3.8, 4) is 5.06 Å². The number of amides is 2. The number of anilines is 1. The number of H-pyrrole nitrogens is 1. The second kappa shape index (κ2) is 10.7. The molecule has 1 aliphatic heterocycles. The smallest absolute Gasteiger partial charge is 0.399 e. The van der Waals surface area contributed by atoms with Crippen molar-refractivity contribution in [2.24, 2.45) is 0 Å². The number of thiophene rings is 1. The van der Waals surface area contributed by atoms with Gasteiger partial charge in [0.2, 0.25) is 0 Å². The average molecular weight is 520 g/mol. The Morgan fingerprint density at radius 2 is 1.84 bits per heavy atom. The van der Waals surface area contributed by atoms with Crippen LogP contribution in [0.1, 0.15) is 35.3 Å². The molecule has 2 aromatic heterocycles. The van der Waals surface area contributed by atoms with Gasteiger partial charge in [0, 0.05) is 31.3 Å². The summed E-state index contributed by atoms with van der Waals surface area (Å²) in [6, 6.07) is 18.9. The van der Waals surface area contributed by atoms with Crippen molar-refractivity contribution < 1.29 is 19.1 Å². The van der Waals surface area contributed by atoms with Crippen molar-refractivity contribution in [3.63, 3.8) is 0 Å². The molecule has 1 saturated heterocycles.